The molecule has 1 N–H and O–H groups in total. The highest BCUT2D eigenvalue weighted by Crippen LogP contribution is 2.30. The van der Waals surface area contributed by atoms with Gasteiger partial charge in [0.25, 0.3) is 0 Å². The van der Waals surface area contributed by atoms with E-state index in [-0.39, 0.29) is 12.4 Å². The summed E-state index contributed by atoms with van der Waals surface area (Å²) in [6.07, 6.45) is 1.86. The number of alkyl carbamates (subject to hydrolysis) is 1. The van der Waals surface area contributed by atoms with Gasteiger partial charge in [-0.1, -0.05) is 29.8 Å². The molecular weight excluding hydrogens is 490 g/mol. The molecule has 0 saturated carbocycles. The summed E-state index contributed by atoms with van der Waals surface area (Å²) in [6, 6.07) is 7.78. The summed E-state index contributed by atoms with van der Waals surface area (Å²) in [5.74, 6) is -0.507. The molecule has 202 valence electrons. The van der Waals surface area contributed by atoms with Crippen molar-refractivity contribution in [3.63, 3.8) is 0 Å². The van der Waals surface area contributed by atoms with Crippen LogP contribution in [0.4, 0.5) is 16.2 Å². The Morgan fingerprint density at radius 3 is 2.08 bits per heavy atom. The van der Waals surface area contributed by atoms with Gasteiger partial charge < -0.3 is 27.2 Å². The lowest BCUT2D eigenvalue weighted by Crippen LogP contribution is -3.00. The van der Waals surface area contributed by atoms with Crippen LogP contribution in [-0.2, 0) is 20.7 Å². The molecule has 0 aromatic heterocycles. The van der Waals surface area contributed by atoms with E-state index in [1.165, 1.54) is 35.2 Å². The number of aryl methyl sites for hydroxylation is 5. The van der Waals surface area contributed by atoms with Gasteiger partial charge in [-0.2, -0.15) is 0 Å². The number of hydrogen-bond donors (Lipinski definition) is 1. The van der Waals surface area contributed by atoms with Crippen molar-refractivity contribution in [3.05, 3.63) is 57.6 Å². The van der Waals surface area contributed by atoms with Crippen LogP contribution in [0, 0.1) is 34.6 Å². The van der Waals surface area contributed by atoms with Crippen molar-refractivity contribution in [1.82, 2.24) is 5.32 Å². The number of carbonyl (C=O) groups excluding carboxylic acids is 2. The topological polar surface area (TPSA) is 70.9 Å². The second kappa shape index (κ2) is 12.0. The maximum absolute atomic E-state index is 12.4. The molecule has 2 aromatic carbocycles. The molecule has 0 radical (unpaired) electrons. The van der Waals surface area contributed by atoms with Crippen LogP contribution < -0.4 is 22.6 Å². The lowest BCUT2D eigenvalue weighted by atomic mass is 9.98. The minimum absolute atomic E-state index is 0. The molecule has 1 heterocycles. The first kappa shape index (κ1) is 30.2. The number of halogens is 1. The zero-order valence-electron chi connectivity index (χ0n) is 23.5. The van der Waals surface area contributed by atoms with E-state index in [4.69, 9.17) is 9.47 Å². The maximum Gasteiger partial charge on any atom is 0.408 e. The predicted molar refractivity (Wildman–Crippen MR) is 144 cm³/mol. The van der Waals surface area contributed by atoms with Gasteiger partial charge in [-0.25, -0.2) is 19.1 Å². The van der Waals surface area contributed by atoms with Crippen molar-refractivity contribution in [3.8, 4) is 0 Å². The van der Waals surface area contributed by atoms with Crippen molar-refractivity contribution in [2.75, 3.05) is 25.1 Å². The minimum atomic E-state index is -0.837. The molecule has 0 bridgehead atoms. The van der Waals surface area contributed by atoms with E-state index in [9.17, 15) is 9.59 Å². The van der Waals surface area contributed by atoms with Crippen LogP contribution in [0.2, 0.25) is 0 Å². The quantitative estimate of drug-likeness (QED) is 0.458. The molecule has 37 heavy (non-hydrogen) atoms. The highest BCUT2D eigenvalue weighted by Gasteiger charge is 2.29. The first-order chi connectivity index (χ1) is 16.8. The smallest absolute Gasteiger partial charge is 0.408 e. The number of carbonyl (C=O) groups is 2. The van der Waals surface area contributed by atoms with Crippen LogP contribution in [0.5, 0.6) is 0 Å². The van der Waals surface area contributed by atoms with E-state index in [0.717, 1.165) is 29.8 Å². The fourth-order valence-electron chi connectivity index (χ4n) is 5.10. The Hall–Kier alpha value is -3.06. The second-order valence-corrected chi connectivity index (χ2v) is 10.8. The van der Waals surface area contributed by atoms with Crippen LogP contribution in [0.25, 0.3) is 0 Å². The van der Waals surface area contributed by atoms with E-state index in [2.05, 4.69) is 80.0 Å². The zero-order valence-corrected chi connectivity index (χ0v) is 24.2. The highest BCUT2D eigenvalue weighted by atomic mass is 35.5. The van der Waals surface area contributed by atoms with Crippen LogP contribution in [0.15, 0.2) is 24.3 Å². The van der Waals surface area contributed by atoms with Crippen molar-refractivity contribution in [1.29, 1.82) is 0 Å². The summed E-state index contributed by atoms with van der Waals surface area (Å²) in [7, 11) is 1.32. The van der Waals surface area contributed by atoms with Gasteiger partial charge in [0.2, 0.25) is 6.34 Å². The maximum atomic E-state index is 12.4. The highest BCUT2D eigenvalue weighted by molar-refractivity contribution is 5.83. The summed E-state index contributed by atoms with van der Waals surface area (Å²) < 4.78 is 12.6. The predicted octanol–water partition coefficient (Wildman–Crippen LogP) is 2.03. The summed E-state index contributed by atoms with van der Waals surface area (Å²) in [4.78, 5) is 27.0. The Kier molecular flexibility index (Phi) is 9.78. The van der Waals surface area contributed by atoms with Gasteiger partial charge in [0.1, 0.15) is 36.1 Å². The van der Waals surface area contributed by atoms with Gasteiger partial charge in [0.15, 0.2) is 0 Å². The summed E-state index contributed by atoms with van der Waals surface area (Å²) in [6.45, 7) is 17.8. The average molecular weight is 530 g/mol. The Bertz CT molecular complexity index is 1150. The van der Waals surface area contributed by atoms with Crippen molar-refractivity contribution >= 4 is 29.8 Å². The minimum Gasteiger partial charge on any atom is -1.00 e. The number of amides is 1. The first-order valence-corrected chi connectivity index (χ1v) is 12.4. The molecule has 0 spiro atoms. The molecule has 0 fully saturated rings. The van der Waals surface area contributed by atoms with Crippen molar-refractivity contribution in [2.45, 2.75) is 73.5 Å². The van der Waals surface area contributed by atoms with E-state index < -0.39 is 23.7 Å². The lowest BCUT2D eigenvalue weighted by Gasteiger charge is -2.23. The molecule has 8 heteroatoms. The van der Waals surface area contributed by atoms with Crippen LogP contribution in [0.1, 0.15) is 54.2 Å². The summed E-state index contributed by atoms with van der Waals surface area (Å²) >= 11 is 0. The van der Waals surface area contributed by atoms with Crippen LogP contribution >= 0.6 is 0 Å². The largest absolute Gasteiger partial charge is 1.00 e. The van der Waals surface area contributed by atoms with E-state index in [1.54, 1.807) is 20.8 Å². The fraction of sp³-hybridized carbons (Fsp3) is 0.483. The molecule has 0 aliphatic carbocycles. The van der Waals surface area contributed by atoms with Gasteiger partial charge in [0.05, 0.1) is 7.11 Å². The van der Waals surface area contributed by atoms with Gasteiger partial charge in [0, 0.05) is 6.42 Å². The number of rotatable bonds is 6. The Morgan fingerprint density at radius 1 is 1.00 bits per heavy atom. The average Bonchev–Trinajstić information content (AvgIpc) is 3.19. The Labute approximate surface area is 227 Å². The first-order valence-electron chi connectivity index (χ1n) is 12.4. The third kappa shape index (κ3) is 7.48. The second-order valence-electron chi connectivity index (χ2n) is 10.8. The zero-order chi connectivity index (χ0) is 26.8. The third-order valence-corrected chi connectivity index (χ3v) is 6.24. The number of nitrogens with zero attached hydrogens (tertiary/aromatic N) is 2. The molecule has 2 aromatic rings. The lowest BCUT2D eigenvalue weighted by molar-refractivity contribution is -0.425. The number of nitrogens with one attached hydrogen (secondary N) is 1. The molecule has 1 amide bonds. The van der Waals surface area contributed by atoms with Gasteiger partial charge in [-0.05, 0) is 83.2 Å². The molecule has 1 aliphatic rings. The normalized spacial score (nSPS) is 14.0. The Balaban J connectivity index is 0.00000481. The molecule has 7 nitrogen and oxygen atoms in total. The number of methoxy groups -OCH3 is 1. The summed E-state index contributed by atoms with van der Waals surface area (Å²) in [5.41, 5.74) is 8.78. The van der Waals surface area contributed by atoms with Gasteiger partial charge >= 0.3 is 12.1 Å². The third-order valence-electron chi connectivity index (χ3n) is 6.24. The SMILES string of the molecule is COC(=O)[C@H](Cc1cc(C)c(N2C=[N+](c3c(C)cc(C)cc3C)CC2)c(C)c1)NC(=O)OC(C)(C)C.[Cl-]. The molecule has 0 unspecified atom stereocenters. The number of anilines is 1. The van der Waals surface area contributed by atoms with Crippen LogP contribution in [0.3, 0.4) is 0 Å². The van der Waals surface area contributed by atoms with Crippen LogP contribution in [-0.4, -0.2) is 54.8 Å². The number of esters is 1. The number of ether oxygens (including phenoxy) is 2. The van der Waals surface area contributed by atoms with Crippen molar-refractivity contribution in [2.24, 2.45) is 0 Å². The standard InChI is InChI=1S/C29H39N3O4.ClH/c1-18-12-19(2)25(20(3)13-18)31-10-11-32(17-31)26-21(4)14-23(15-22(26)5)16-24(27(33)35-9)30-28(34)36-29(6,7)8;/h12-15,17,24H,10-11,16H2,1-9H3;1H/t24-;/m0./s1. The molecule has 3 rings (SSSR count). The molecule has 1 aliphatic heterocycles. The summed E-state index contributed by atoms with van der Waals surface area (Å²) in [5, 5.41) is 2.66. The number of benzene rings is 2. The monoisotopic (exact) mass is 529 g/mol. The fourth-order valence-corrected chi connectivity index (χ4v) is 5.10. The van der Waals surface area contributed by atoms with Gasteiger partial charge in [-0.3, -0.25) is 0 Å². The molecular formula is C29H40ClN3O4. The van der Waals surface area contributed by atoms with Gasteiger partial charge in [-0.15, -0.1) is 0 Å². The van der Waals surface area contributed by atoms with E-state index >= 15 is 0 Å². The molecule has 0 saturated heterocycles. The van der Waals surface area contributed by atoms with E-state index in [0.29, 0.717) is 6.42 Å². The van der Waals surface area contributed by atoms with Crippen molar-refractivity contribution < 1.29 is 36.0 Å². The Morgan fingerprint density at radius 2 is 1.57 bits per heavy atom. The number of hydrogen-bond acceptors (Lipinski definition) is 5. The molecule has 1 atom stereocenters. The van der Waals surface area contributed by atoms with E-state index in [1.807, 2.05) is 0 Å².